The van der Waals surface area contributed by atoms with Crippen molar-refractivity contribution in [3.05, 3.63) is 63.8 Å². The van der Waals surface area contributed by atoms with Crippen LogP contribution in [0, 0.1) is 32.6 Å². The van der Waals surface area contributed by atoms with Gasteiger partial charge in [-0.05, 0) is 56.9 Å². The average molecular weight is 595 g/mol. The van der Waals surface area contributed by atoms with E-state index in [-0.39, 0.29) is 30.8 Å². The minimum absolute atomic E-state index is 0.0690. The molecule has 11 nitrogen and oxygen atoms in total. The summed E-state index contributed by atoms with van der Waals surface area (Å²) in [6, 6.07) is 5.52. The van der Waals surface area contributed by atoms with Gasteiger partial charge in [0.2, 0.25) is 5.91 Å². The van der Waals surface area contributed by atoms with Gasteiger partial charge in [-0.2, -0.15) is 0 Å². The van der Waals surface area contributed by atoms with E-state index in [1.807, 2.05) is 39.1 Å². The second-order valence-corrected chi connectivity index (χ2v) is 11.7. The molecule has 2 aromatic rings. The van der Waals surface area contributed by atoms with Crippen molar-refractivity contribution in [2.45, 2.75) is 33.6 Å². The van der Waals surface area contributed by atoms with Crippen LogP contribution in [-0.2, 0) is 14.4 Å². The standard InChI is InChI=1S/C30H35ClN6O5/c1-18-5-6-24(11-25(18)31)37(27(38)21-7-10-35(14-21)29(40)30(41)42)9-4-8-34-12-22-15-36(16-23(22)13-34)28(39)26-19(2)32-17-33-20(26)3/h5-6,11,15,17,21,23H,4,7-10,12-14,16H2,1-3H3,(H,41,42). The third-order valence-corrected chi connectivity index (χ3v) is 8.85. The molecule has 3 aliphatic heterocycles. The van der Waals surface area contributed by atoms with E-state index in [2.05, 4.69) is 14.9 Å². The third-order valence-electron chi connectivity index (χ3n) is 8.45. The van der Waals surface area contributed by atoms with Gasteiger partial charge in [0, 0.05) is 68.6 Å². The number of hydrogen-bond acceptors (Lipinski definition) is 7. The Morgan fingerprint density at radius 2 is 1.81 bits per heavy atom. The monoisotopic (exact) mass is 594 g/mol. The summed E-state index contributed by atoms with van der Waals surface area (Å²) in [5.41, 5.74) is 4.73. The summed E-state index contributed by atoms with van der Waals surface area (Å²) in [5.74, 6) is -2.91. The molecule has 2 atom stereocenters. The quantitative estimate of drug-likeness (QED) is 0.485. The number of carbonyl (C=O) groups is 4. The SMILES string of the molecule is Cc1ccc(N(CCCN2CC3=CN(C(=O)c4c(C)ncnc4C)CC3C2)C(=O)C2CCN(C(=O)C(=O)O)C2)cc1Cl. The number of carboxylic acids is 1. The number of halogens is 1. The number of aryl methyl sites for hydroxylation is 3. The zero-order chi connectivity index (χ0) is 30.1. The average Bonchev–Trinajstić information content (AvgIpc) is 3.67. The molecule has 1 aromatic heterocycles. The van der Waals surface area contributed by atoms with Crippen molar-refractivity contribution >= 4 is 41.0 Å². The minimum atomic E-state index is -1.51. The number of aliphatic carboxylic acids is 1. The Morgan fingerprint density at radius 3 is 2.48 bits per heavy atom. The van der Waals surface area contributed by atoms with Crippen molar-refractivity contribution in [1.29, 1.82) is 0 Å². The molecule has 12 heteroatoms. The number of hydrogen-bond donors (Lipinski definition) is 1. The summed E-state index contributed by atoms with van der Waals surface area (Å²) < 4.78 is 0. The van der Waals surface area contributed by atoms with Crippen molar-refractivity contribution < 1.29 is 24.3 Å². The summed E-state index contributed by atoms with van der Waals surface area (Å²) in [6.45, 7) is 9.31. The molecule has 3 amide bonds. The van der Waals surface area contributed by atoms with Crippen LogP contribution in [0.4, 0.5) is 5.69 Å². The zero-order valence-electron chi connectivity index (χ0n) is 24.0. The summed E-state index contributed by atoms with van der Waals surface area (Å²) in [5, 5.41) is 9.63. The number of amides is 3. The van der Waals surface area contributed by atoms with Gasteiger partial charge in [0.15, 0.2) is 0 Å². The van der Waals surface area contributed by atoms with Crippen molar-refractivity contribution in [2.75, 3.05) is 50.7 Å². The highest BCUT2D eigenvalue weighted by Crippen LogP contribution is 2.32. The van der Waals surface area contributed by atoms with Gasteiger partial charge in [0.05, 0.1) is 22.9 Å². The number of carboxylic acid groups (broad SMARTS) is 1. The number of rotatable bonds is 7. The molecule has 2 saturated heterocycles. The molecular weight excluding hydrogens is 560 g/mol. The van der Waals surface area contributed by atoms with Crippen LogP contribution < -0.4 is 4.90 Å². The van der Waals surface area contributed by atoms with Crippen LogP contribution in [-0.4, -0.2) is 99.3 Å². The lowest BCUT2D eigenvalue weighted by molar-refractivity contribution is -0.155. The van der Waals surface area contributed by atoms with Crippen LogP contribution >= 0.6 is 11.6 Å². The molecule has 42 heavy (non-hydrogen) atoms. The highest BCUT2D eigenvalue weighted by atomic mass is 35.5. The molecule has 0 saturated carbocycles. The largest absolute Gasteiger partial charge is 0.474 e. The molecule has 2 fully saturated rings. The number of benzene rings is 1. The molecule has 0 aliphatic carbocycles. The molecule has 0 spiro atoms. The number of carbonyl (C=O) groups excluding carboxylic acids is 3. The normalized spacial score (nSPS) is 20.0. The van der Waals surface area contributed by atoms with Crippen LogP contribution in [0.25, 0.3) is 0 Å². The summed E-state index contributed by atoms with van der Waals surface area (Å²) in [7, 11) is 0. The highest BCUT2D eigenvalue weighted by Gasteiger charge is 2.38. The molecule has 222 valence electrons. The summed E-state index contributed by atoms with van der Waals surface area (Å²) in [4.78, 5) is 65.4. The first-order valence-corrected chi connectivity index (χ1v) is 14.5. The van der Waals surface area contributed by atoms with Crippen LogP contribution in [0.3, 0.4) is 0 Å². The number of likely N-dealkylation sites (tertiary alicyclic amines) is 2. The maximum Gasteiger partial charge on any atom is 0.394 e. The van der Waals surface area contributed by atoms with Gasteiger partial charge >= 0.3 is 11.9 Å². The lowest BCUT2D eigenvalue weighted by Gasteiger charge is -2.27. The van der Waals surface area contributed by atoms with Gasteiger partial charge in [-0.3, -0.25) is 19.3 Å². The fourth-order valence-corrected chi connectivity index (χ4v) is 6.30. The molecule has 0 bridgehead atoms. The van der Waals surface area contributed by atoms with Gasteiger partial charge in [-0.25, -0.2) is 14.8 Å². The van der Waals surface area contributed by atoms with E-state index >= 15 is 0 Å². The van der Waals surface area contributed by atoms with Gasteiger partial charge in [-0.1, -0.05) is 17.7 Å². The van der Waals surface area contributed by atoms with Crippen LogP contribution in [0.15, 0.2) is 36.3 Å². The molecule has 3 aliphatic rings. The van der Waals surface area contributed by atoms with Gasteiger partial charge in [-0.15, -0.1) is 0 Å². The Kier molecular flexibility index (Phi) is 8.60. The summed E-state index contributed by atoms with van der Waals surface area (Å²) in [6.07, 6.45) is 4.57. The van der Waals surface area contributed by atoms with Crippen molar-refractivity contribution in [3.63, 3.8) is 0 Å². The topological polar surface area (TPSA) is 127 Å². The molecule has 4 heterocycles. The first-order chi connectivity index (χ1) is 20.0. The van der Waals surface area contributed by atoms with E-state index in [0.717, 1.165) is 25.2 Å². The number of fused-ring (bicyclic) bond motifs is 1. The molecule has 1 N–H and O–H groups in total. The van der Waals surface area contributed by atoms with E-state index in [1.54, 1.807) is 15.9 Å². The predicted octanol–water partition coefficient (Wildman–Crippen LogP) is 2.68. The Hall–Kier alpha value is -3.83. The maximum atomic E-state index is 13.7. The highest BCUT2D eigenvalue weighted by molar-refractivity contribution is 6.32. The predicted molar refractivity (Wildman–Crippen MR) is 156 cm³/mol. The van der Waals surface area contributed by atoms with E-state index in [1.165, 1.54) is 16.8 Å². The van der Waals surface area contributed by atoms with Crippen LogP contribution in [0.2, 0.25) is 5.02 Å². The smallest absolute Gasteiger partial charge is 0.394 e. The minimum Gasteiger partial charge on any atom is -0.474 e. The Labute approximate surface area is 249 Å². The van der Waals surface area contributed by atoms with Crippen molar-refractivity contribution in [2.24, 2.45) is 11.8 Å². The fourth-order valence-electron chi connectivity index (χ4n) is 6.12. The number of anilines is 1. The molecule has 5 rings (SSSR count). The van der Waals surface area contributed by atoms with Crippen LogP contribution in [0.5, 0.6) is 0 Å². The number of nitrogens with zero attached hydrogens (tertiary/aromatic N) is 6. The van der Waals surface area contributed by atoms with Gasteiger partial charge in [0.25, 0.3) is 5.91 Å². The second kappa shape index (κ2) is 12.2. The first-order valence-electron chi connectivity index (χ1n) is 14.1. The van der Waals surface area contributed by atoms with E-state index in [0.29, 0.717) is 53.6 Å². The van der Waals surface area contributed by atoms with E-state index in [4.69, 9.17) is 16.7 Å². The Morgan fingerprint density at radius 1 is 1.07 bits per heavy atom. The zero-order valence-corrected chi connectivity index (χ0v) is 24.8. The van der Waals surface area contributed by atoms with Crippen molar-refractivity contribution in [1.82, 2.24) is 24.7 Å². The summed E-state index contributed by atoms with van der Waals surface area (Å²) >= 11 is 6.40. The van der Waals surface area contributed by atoms with Crippen LogP contribution in [0.1, 0.15) is 40.2 Å². The lowest BCUT2D eigenvalue weighted by atomic mass is 10.1. The molecule has 0 radical (unpaired) electrons. The molecular formula is C30H35ClN6O5. The first kappa shape index (κ1) is 29.7. The van der Waals surface area contributed by atoms with E-state index < -0.39 is 17.8 Å². The van der Waals surface area contributed by atoms with Crippen molar-refractivity contribution in [3.8, 4) is 0 Å². The Bertz CT molecular complexity index is 1440. The van der Waals surface area contributed by atoms with E-state index in [9.17, 15) is 19.2 Å². The lowest BCUT2D eigenvalue weighted by Crippen LogP contribution is -2.41. The number of aromatic nitrogens is 2. The van der Waals surface area contributed by atoms with Gasteiger partial charge < -0.3 is 19.8 Å². The maximum absolute atomic E-state index is 13.7. The fraction of sp³-hybridized carbons (Fsp3) is 0.467. The second-order valence-electron chi connectivity index (χ2n) is 11.3. The van der Waals surface area contributed by atoms with Gasteiger partial charge in [0.1, 0.15) is 6.33 Å². The Balaban J connectivity index is 1.21. The molecule has 1 aromatic carbocycles. The third kappa shape index (κ3) is 6.03. The molecule has 2 unspecified atom stereocenters.